The van der Waals surface area contributed by atoms with Crippen molar-refractivity contribution in [1.82, 2.24) is 5.32 Å². The number of benzene rings is 1. The van der Waals surface area contributed by atoms with Crippen molar-refractivity contribution in [2.24, 2.45) is 0 Å². The molecule has 1 aliphatic rings. The third-order valence-electron chi connectivity index (χ3n) is 3.44. The van der Waals surface area contributed by atoms with Gasteiger partial charge in [-0.3, -0.25) is 0 Å². The Morgan fingerprint density at radius 3 is 3.12 bits per heavy atom. The highest BCUT2D eigenvalue weighted by molar-refractivity contribution is 5.80. The van der Waals surface area contributed by atoms with E-state index < -0.39 is 0 Å². The normalized spacial score (nSPS) is 21.4. The zero-order valence-electron chi connectivity index (χ0n) is 9.41. The van der Waals surface area contributed by atoms with Crippen LogP contribution in [0.4, 0.5) is 0 Å². The molecule has 0 aliphatic carbocycles. The van der Waals surface area contributed by atoms with Gasteiger partial charge in [0.2, 0.25) is 0 Å². The van der Waals surface area contributed by atoms with Crippen molar-refractivity contribution < 1.29 is 4.42 Å². The van der Waals surface area contributed by atoms with E-state index in [9.17, 15) is 0 Å². The molecule has 84 valence electrons. The van der Waals surface area contributed by atoms with E-state index in [1.807, 2.05) is 6.07 Å². The van der Waals surface area contributed by atoms with Gasteiger partial charge in [0.15, 0.2) is 0 Å². The smallest absolute Gasteiger partial charge is 0.137 e. The summed E-state index contributed by atoms with van der Waals surface area (Å²) in [5, 5.41) is 4.80. The molecule has 0 bridgehead atoms. The van der Waals surface area contributed by atoms with Crippen molar-refractivity contribution in [3.63, 3.8) is 0 Å². The molecule has 1 unspecified atom stereocenters. The maximum Gasteiger partial charge on any atom is 0.137 e. The standard InChI is InChI=1S/C14H17NO/c1-2-8-15-13(6-1)10-12-5-3-4-11-7-9-16-14(11)12/h3-5,7,9,13,15H,1-2,6,8,10H2. The molecule has 16 heavy (non-hydrogen) atoms. The molecule has 2 heteroatoms. The Morgan fingerprint density at radius 2 is 2.25 bits per heavy atom. The lowest BCUT2D eigenvalue weighted by Gasteiger charge is -2.23. The molecule has 0 radical (unpaired) electrons. The molecule has 2 aromatic rings. The Morgan fingerprint density at radius 1 is 1.25 bits per heavy atom. The largest absolute Gasteiger partial charge is 0.464 e. The number of piperidine rings is 1. The first-order chi connectivity index (χ1) is 7.93. The van der Waals surface area contributed by atoms with E-state index >= 15 is 0 Å². The van der Waals surface area contributed by atoms with Crippen LogP contribution in [-0.4, -0.2) is 12.6 Å². The minimum absolute atomic E-state index is 0.629. The SMILES string of the molecule is c1cc(CC2CCCCN2)c2occc2c1. The number of hydrogen-bond donors (Lipinski definition) is 1. The highest BCUT2D eigenvalue weighted by Crippen LogP contribution is 2.22. The van der Waals surface area contributed by atoms with Crippen molar-refractivity contribution >= 4 is 11.0 Å². The number of furan rings is 1. The molecular formula is C14H17NO. The van der Waals surface area contributed by atoms with E-state index in [1.54, 1.807) is 6.26 Å². The van der Waals surface area contributed by atoms with Crippen LogP contribution in [0.25, 0.3) is 11.0 Å². The summed E-state index contributed by atoms with van der Waals surface area (Å²) in [5.41, 5.74) is 2.40. The molecule has 3 rings (SSSR count). The van der Waals surface area contributed by atoms with E-state index in [0.29, 0.717) is 6.04 Å². The molecule has 1 fully saturated rings. The van der Waals surface area contributed by atoms with Crippen LogP contribution >= 0.6 is 0 Å². The molecule has 1 aromatic heterocycles. The van der Waals surface area contributed by atoms with Gasteiger partial charge in [-0.15, -0.1) is 0 Å². The first-order valence-corrected chi connectivity index (χ1v) is 6.12. The van der Waals surface area contributed by atoms with Gasteiger partial charge in [-0.2, -0.15) is 0 Å². The molecule has 1 aromatic carbocycles. The first kappa shape index (κ1) is 9.91. The van der Waals surface area contributed by atoms with Crippen LogP contribution in [0.1, 0.15) is 24.8 Å². The number of rotatable bonds is 2. The van der Waals surface area contributed by atoms with Gasteiger partial charge in [0.1, 0.15) is 5.58 Å². The van der Waals surface area contributed by atoms with Crippen LogP contribution in [0.3, 0.4) is 0 Å². The molecule has 0 spiro atoms. The second-order valence-electron chi connectivity index (χ2n) is 4.61. The summed E-state index contributed by atoms with van der Waals surface area (Å²) >= 11 is 0. The highest BCUT2D eigenvalue weighted by Gasteiger charge is 2.15. The van der Waals surface area contributed by atoms with Gasteiger partial charge in [-0.25, -0.2) is 0 Å². The summed E-state index contributed by atoms with van der Waals surface area (Å²) in [6.07, 6.45) is 6.83. The summed E-state index contributed by atoms with van der Waals surface area (Å²) in [5.74, 6) is 0. The Hall–Kier alpha value is -1.28. The van der Waals surface area contributed by atoms with E-state index in [0.717, 1.165) is 12.0 Å². The summed E-state index contributed by atoms with van der Waals surface area (Å²) in [4.78, 5) is 0. The van der Waals surface area contributed by atoms with Crippen LogP contribution in [0.15, 0.2) is 34.9 Å². The molecular weight excluding hydrogens is 198 g/mol. The Balaban J connectivity index is 1.85. The fourth-order valence-corrected chi connectivity index (χ4v) is 2.58. The first-order valence-electron chi connectivity index (χ1n) is 6.12. The predicted molar refractivity (Wildman–Crippen MR) is 65.6 cm³/mol. The van der Waals surface area contributed by atoms with Crippen LogP contribution in [-0.2, 0) is 6.42 Å². The van der Waals surface area contributed by atoms with Gasteiger partial charge < -0.3 is 9.73 Å². The quantitative estimate of drug-likeness (QED) is 0.832. The van der Waals surface area contributed by atoms with Gasteiger partial charge in [-0.05, 0) is 37.4 Å². The second kappa shape index (κ2) is 4.30. The average Bonchev–Trinajstić information content (AvgIpc) is 2.80. The lowest BCUT2D eigenvalue weighted by molar-refractivity contribution is 0.399. The monoisotopic (exact) mass is 215 g/mol. The average molecular weight is 215 g/mol. The molecule has 1 aliphatic heterocycles. The predicted octanol–water partition coefficient (Wildman–Crippen LogP) is 3.12. The van der Waals surface area contributed by atoms with Crippen LogP contribution in [0.5, 0.6) is 0 Å². The third kappa shape index (κ3) is 1.85. The Kier molecular flexibility index (Phi) is 2.66. The molecule has 1 N–H and O–H groups in total. The number of nitrogens with one attached hydrogen (secondary N) is 1. The molecule has 2 nitrogen and oxygen atoms in total. The Bertz CT molecular complexity index is 468. The summed E-state index contributed by atoms with van der Waals surface area (Å²) in [6.45, 7) is 1.17. The van der Waals surface area contributed by atoms with Crippen LogP contribution in [0.2, 0.25) is 0 Å². The molecule has 0 saturated carbocycles. The lowest BCUT2D eigenvalue weighted by atomic mass is 9.97. The van der Waals surface area contributed by atoms with Gasteiger partial charge >= 0.3 is 0 Å². The van der Waals surface area contributed by atoms with Crippen molar-refractivity contribution in [3.05, 3.63) is 36.1 Å². The van der Waals surface area contributed by atoms with Gasteiger partial charge in [0, 0.05) is 11.4 Å². The second-order valence-corrected chi connectivity index (χ2v) is 4.61. The maximum absolute atomic E-state index is 5.56. The van der Waals surface area contributed by atoms with Gasteiger partial charge in [0.05, 0.1) is 6.26 Å². The van der Waals surface area contributed by atoms with Crippen LogP contribution in [0, 0.1) is 0 Å². The lowest BCUT2D eigenvalue weighted by Crippen LogP contribution is -2.35. The number of hydrogen-bond acceptors (Lipinski definition) is 2. The summed E-state index contributed by atoms with van der Waals surface area (Å²) in [6, 6.07) is 9.08. The highest BCUT2D eigenvalue weighted by atomic mass is 16.3. The molecule has 1 atom stereocenters. The zero-order valence-corrected chi connectivity index (χ0v) is 9.41. The van der Waals surface area contributed by atoms with Gasteiger partial charge in [-0.1, -0.05) is 24.6 Å². The third-order valence-corrected chi connectivity index (χ3v) is 3.44. The summed E-state index contributed by atoms with van der Waals surface area (Å²) in [7, 11) is 0. The van der Waals surface area contributed by atoms with E-state index in [-0.39, 0.29) is 0 Å². The summed E-state index contributed by atoms with van der Waals surface area (Å²) < 4.78 is 5.56. The van der Waals surface area contributed by atoms with Crippen molar-refractivity contribution in [2.75, 3.05) is 6.54 Å². The van der Waals surface area contributed by atoms with Crippen molar-refractivity contribution in [3.8, 4) is 0 Å². The minimum atomic E-state index is 0.629. The van der Waals surface area contributed by atoms with E-state index in [1.165, 1.54) is 36.8 Å². The van der Waals surface area contributed by atoms with Crippen LogP contribution < -0.4 is 5.32 Å². The van der Waals surface area contributed by atoms with E-state index in [4.69, 9.17) is 4.42 Å². The molecule has 2 heterocycles. The molecule has 0 amide bonds. The maximum atomic E-state index is 5.56. The Labute approximate surface area is 95.6 Å². The zero-order chi connectivity index (χ0) is 10.8. The molecule has 1 saturated heterocycles. The topological polar surface area (TPSA) is 25.2 Å². The fraction of sp³-hybridized carbons (Fsp3) is 0.429. The van der Waals surface area contributed by atoms with Gasteiger partial charge in [0.25, 0.3) is 0 Å². The minimum Gasteiger partial charge on any atom is -0.464 e. The van der Waals surface area contributed by atoms with Crippen molar-refractivity contribution in [1.29, 1.82) is 0 Å². The number of para-hydroxylation sites is 1. The number of fused-ring (bicyclic) bond motifs is 1. The fourth-order valence-electron chi connectivity index (χ4n) is 2.58. The van der Waals surface area contributed by atoms with E-state index in [2.05, 4.69) is 23.5 Å². The van der Waals surface area contributed by atoms with Crippen molar-refractivity contribution in [2.45, 2.75) is 31.7 Å².